The molecule has 0 spiro atoms. The third kappa shape index (κ3) is 4.40. The zero-order valence-corrected chi connectivity index (χ0v) is 19.5. The molecule has 5 rings (SSSR count). The Labute approximate surface area is 200 Å². The smallest absolute Gasteiger partial charge is 0.291 e. The van der Waals surface area contributed by atoms with Gasteiger partial charge in [0.05, 0.1) is 21.8 Å². The number of nitrogens with one attached hydrogen (secondary N) is 2. The van der Waals surface area contributed by atoms with Gasteiger partial charge in [0.25, 0.3) is 15.9 Å². The fraction of sp³-hybridized carbons (Fsp3) is 0.160. The van der Waals surface area contributed by atoms with Gasteiger partial charge in [-0.05, 0) is 56.2 Å². The number of rotatable bonds is 5. The molecule has 1 aliphatic rings. The van der Waals surface area contributed by atoms with E-state index < -0.39 is 21.7 Å². The number of hydrazone groups is 1. The molecule has 178 valence electrons. The molecule has 0 aliphatic heterocycles. The van der Waals surface area contributed by atoms with E-state index in [0.717, 1.165) is 29.7 Å². The number of carbonyl (C=O) groups is 1. The van der Waals surface area contributed by atoms with Crippen LogP contribution in [0.25, 0.3) is 10.9 Å². The molecule has 1 aliphatic carbocycles. The van der Waals surface area contributed by atoms with Gasteiger partial charge < -0.3 is 9.73 Å². The lowest BCUT2D eigenvalue weighted by Gasteiger charge is -2.14. The van der Waals surface area contributed by atoms with E-state index in [1.54, 1.807) is 19.2 Å². The van der Waals surface area contributed by atoms with E-state index >= 15 is 0 Å². The van der Waals surface area contributed by atoms with Crippen molar-refractivity contribution in [1.82, 2.24) is 9.82 Å². The third-order valence-corrected chi connectivity index (χ3v) is 7.06. The maximum atomic E-state index is 13.2. The van der Waals surface area contributed by atoms with Gasteiger partial charge in [-0.15, -0.1) is 0 Å². The summed E-state index contributed by atoms with van der Waals surface area (Å²) in [5, 5.41) is 7.90. The van der Waals surface area contributed by atoms with Gasteiger partial charge in [0.2, 0.25) is 0 Å². The van der Waals surface area contributed by atoms with Gasteiger partial charge in [-0.1, -0.05) is 18.2 Å². The molecule has 10 heteroatoms. The molecule has 0 bridgehead atoms. The summed E-state index contributed by atoms with van der Waals surface area (Å²) >= 11 is 0. The number of aryl methyl sites for hydroxylation is 1. The first-order chi connectivity index (χ1) is 16.8. The lowest BCUT2D eigenvalue weighted by atomic mass is 9.93. The molecule has 2 aromatic heterocycles. The van der Waals surface area contributed by atoms with Crippen LogP contribution in [0.4, 0.5) is 10.1 Å². The van der Waals surface area contributed by atoms with Gasteiger partial charge in [0.15, 0.2) is 5.76 Å². The zero-order chi connectivity index (χ0) is 24.6. The Hall–Kier alpha value is -4.05. The van der Waals surface area contributed by atoms with Crippen LogP contribution in [-0.4, -0.2) is 25.0 Å². The molecule has 0 atom stereocenters. The summed E-state index contributed by atoms with van der Waals surface area (Å²) in [7, 11) is -3.98. The van der Waals surface area contributed by atoms with Crippen LogP contribution in [-0.2, 0) is 16.4 Å². The average molecular weight is 493 g/mol. The van der Waals surface area contributed by atoms with Gasteiger partial charge in [0, 0.05) is 29.1 Å². The predicted octanol–water partition coefficient (Wildman–Crippen LogP) is 4.55. The molecule has 8 nitrogen and oxygen atoms in total. The zero-order valence-electron chi connectivity index (χ0n) is 18.7. The van der Waals surface area contributed by atoms with Crippen LogP contribution in [0.2, 0.25) is 0 Å². The number of benzene rings is 2. The second kappa shape index (κ2) is 8.95. The molecule has 0 radical (unpaired) electrons. The number of hydrogen-bond donors (Lipinski definition) is 2. The Morgan fingerprint density at radius 3 is 2.66 bits per heavy atom. The molecular weight excluding hydrogens is 471 g/mol. The van der Waals surface area contributed by atoms with Crippen molar-refractivity contribution in [3.63, 3.8) is 0 Å². The van der Waals surface area contributed by atoms with Crippen LogP contribution in [0.15, 0.2) is 75.2 Å². The minimum Gasteiger partial charge on any atom is -0.455 e. The highest BCUT2D eigenvalue weighted by Gasteiger charge is 2.28. The van der Waals surface area contributed by atoms with Crippen molar-refractivity contribution >= 4 is 38.2 Å². The Morgan fingerprint density at radius 2 is 1.86 bits per heavy atom. The number of sulfonamides is 1. The maximum absolute atomic E-state index is 13.2. The second-order valence-corrected chi connectivity index (χ2v) is 9.81. The highest BCUT2D eigenvalue weighted by molar-refractivity contribution is 7.89. The number of pyridine rings is 1. The van der Waals surface area contributed by atoms with Crippen molar-refractivity contribution in [2.75, 3.05) is 5.32 Å². The SMILES string of the molecule is Cc1c(C(=O)Nc2cccc3cccnc23)oc2c1/C(=N/NS(=O)(=O)c1ccc(F)cc1)CCC2. The van der Waals surface area contributed by atoms with Gasteiger partial charge in [-0.2, -0.15) is 18.4 Å². The van der Waals surface area contributed by atoms with Crippen molar-refractivity contribution in [2.45, 2.75) is 31.1 Å². The van der Waals surface area contributed by atoms with Crippen LogP contribution in [0.1, 0.15) is 40.3 Å². The summed E-state index contributed by atoms with van der Waals surface area (Å²) in [6.45, 7) is 1.74. The van der Waals surface area contributed by atoms with Gasteiger partial charge in [-0.25, -0.2) is 4.39 Å². The minimum absolute atomic E-state index is 0.105. The Bertz CT molecular complexity index is 1570. The topological polar surface area (TPSA) is 114 Å². The quantitative estimate of drug-likeness (QED) is 0.397. The molecule has 4 aromatic rings. The highest BCUT2D eigenvalue weighted by atomic mass is 32.2. The van der Waals surface area contributed by atoms with E-state index in [2.05, 4.69) is 20.2 Å². The maximum Gasteiger partial charge on any atom is 0.291 e. The fourth-order valence-electron chi connectivity index (χ4n) is 4.16. The second-order valence-electron chi connectivity index (χ2n) is 8.15. The van der Waals surface area contributed by atoms with E-state index in [9.17, 15) is 17.6 Å². The lowest BCUT2D eigenvalue weighted by molar-refractivity contribution is 0.0994. The van der Waals surface area contributed by atoms with Gasteiger partial charge in [0.1, 0.15) is 11.6 Å². The number of furan rings is 1. The van der Waals surface area contributed by atoms with Crippen LogP contribution >= 0.6 is 0 Å². The van der Waals surface area contributed by atoms with Crippen molar-refractivity contribution in [2.24, 2.45) is 5.10 Å². The number of amides is 1. The molecule has 2 aromatic carbocycles. The molecule has 35 heavy (non-hydrogen) atoms. The van der Waals surface area contributed by atoms with Crippen molar-refractivity contribution in [1.29, 1.82) is 0 Å². The normalized spacial score (nSPS) is 14.6. The molecule has 0 saturated heterocycles. The van der Waals surface area contributed by atoms with Crippen molar-refractivity contribution < 1.29 is 22.0 Å². The number of hydrogen-bond acceptors (Lipinski definition) is 6. The first kappa shape index (κ1) is 22.7. The lowest BCUT2D eigenvalue weighted by Crippen LogP contribution is -2.22. The van der Waals surface area contributed by atoms with Crippen LogP contribution < -0.4 is 10.1 Å². The standard InChI is InChI=1S/C25H21FN4O4S/c1-15-22-19(29-30-35(32,33)18-12-10-17(26)11-13-18)7-3-9-21(22)34-24(15)25(31)28-20-8-2-5-16-6-4-14-27-23(16)20/h2,4-6,8,10-14,30H,3,7,9H2,1H3,(H,28,31)/b29-19+. The predicted molar refractivity (Wildman–Crippen MR) is 129 cm³/mol. The van der Waals surface area contributed by atoms with Crippen LogP contribution in [0, 0.1) is 12.7 Å². The van der Waals surface area contributed by atoms with E-state index in [4.69, 9.17) is 4.42 Å². The molecule has 0 fully saturated rings. The largest absolute Gasteiger partial charge is 0.455 e. The number of nitrogens with zero attached hydrogens (tertiary/aromatic N) is 2. The van der Waals surface area contributed by atoms with Crippen molar-refractivity contribution in [3.8, 4) is 0 Å². The van der Waals surface area contributed by atoms with E-state index in [0.29, 0.717) is 53.1 Å². The number of para-hydroxylation sites is 1. The van der Waals surface area contributed by atoms with E-state index in [1.807, 2.05) is 24.3 Å². The fourth-order valence-corrected chi connectivity index (χ4v) is 4.99. The molecule has 0 saturated carbocycles. The van der Waals surface area contributed by atoms with Crippen molar-refractivity contribution in [3.05, 3.63) is 89.3 Å². The summed E-state index contributed by atoms with van der Waals surface area (Å²) in [5.74, 6) is -0.249. The molecular formula is C25H21FN4O4S. The average Bonchev–Trinajstić information content (AvgIpc) is 3.20. The molecule has 2 heterocycles. The summed E-state index contributed by atoms with van der Waals surface area (Å²) in [6.07, 6.45) is 3.45. The Morgan fingerprint density at radius 1 is 1.09 bits per heavy atom. The van der Waals surface area contributed by atoms with E-state index in [1.165, 1.54) is 0 Å². The van der Waals surface area contributed by atoms with E-state index in [-0.39, 0.29) is 10.7 Å². The number of fused-ring (bicyclic) bond motifs is 2. The minimum atomic E-state index is -3.98. The molecule has 2 N–H and O–H groups in total. The van der Waals surface area contributed by atoms with Gasteiger partial charge in [-0.3, -0.25) is 9.78 Å². The summed E-state index contributed by atoms with van der Waals surface area (Å²) in [6, 6.07) is 13.7. The highest BCUT2D eigenvalue weighted by Crippen LogP contribution is 2.31. The first-order valence-corrected chi connectivity index (χ1v) is 12.4. The number of halogens is 1. The van der Waals surface area contributed by atoms with Crippen LogP contribution in [0.5, 0.6) is 0 Å². The summed E-state index contributed by atoms with van der Waals surface area (Å²) in [4.78, 5) is 19.6. The number of aromatic nitrogens is 1. The molecule has 1 amide bonds. The molecule has 0 unspecified atom stereocenters. The van der Waals surface area contributed by atoms with Gasteiger partial charge >= 0.3 is 0 Å². The first-order valence-electron chi connectivity index (χ1n) is 10.9. The summed E-state index contributed by atoms with van der Waals surface area (Å²) < 4.78 is 44.2. The third-order valence-electron chi connectivity index (χ3n) is 5.84. The Kier molecular flexibility index (Phi) is 5.81. The number of carbonyl (C=O) groups excluding carboxylic acids is 1. The summed E-state index contributed by atoms with van der Waals surface area (Å²) in [5.41, 5.74) is 2.89. The van der Waals surface area contributed by atoms with Crippen LogP contribution in [0.3, 0.4) is 0 Å². The monoisotopic (exact) mass is 492 g/mol. The Balaban J connectivity index is 1.43. The number of anilines is 1.